The van der Waals surface area contributed by atoms with Crippen LogP contribution in [0.3, 0.4) is 0 Å². The summed E-state index contributed by atoms with van der Waals surface area (Å²) in [4.78, 5) is 0. The summed E-state index contributed by atoms with van der Waals surface area (Å²) >= 11 is 0. The summed E-state index contributed by atoms with van der Waals surface area (Å²) in [5, 5.41) is 0. The van der Waals surface area contributed by atoms with E-state index in [9.17, 15) is 0 Å². The first kappa shape index (κ1) is 21.0. The Kier molecular flexibility index (Phi) is 3.64. The van der Waals surface area contributed by atoms with Crippen molar-refractivity contribution >= 4 is 0 Å². The molecule has 2 unspecified atom stereocenters. The van der Waals surface area contributed by atoms with Gasteiger partial charge in [-0.1, -0.05) is 91.8 Å². The minimum Gasteiger partial charge on any atom is -0.472 e. The van der Waals surface area contributed by atoms with Crippen LogP contribution in [-0.4, -0.2) is 12.2 Å². The van der Waals surface area contributed by atoms with Gasteiger partial charge in [-0.3, -0.25) is 0 Å². The number of rotatable bonds is 0. The van der Waals surface area contributed by atoms with Crippen LogP contribution in [0.2, 0.25) is 0 Å². The van der Waals surface area contributed by atoms with Crippen LogP contribution in [0.1, 0.15) is 78.4 Å². The zero-order chi connectivity index (χ0) is 24.0. The van der Waals surface area contributed by atoms with Crippen molar-refractivity contribution in [2.75, 3.05) is 0 Å². The number of ether oxygens (including phenoxy) is 1. The van der Waals surface area contributed by atoms with Crippen molar-refractivity contribution in [2.24, 2.45) is 21.7 Å². The lowest BCUT2D eigenvalue weighted by atomic mass is 9.37. The van der Waals surface area contributed by atoms with Crippen LogP contribution in [0.4, 0.5) is 0 Å². The average Bonchev–Trinajstić information content (AvgIpc) is 3.47. The largest absolute Gasteiger partial charge is 0.472 e. The van der Waals surface area contributed by atoms with Gasteiger partial charge in [-0.05, 0) is 44.3 Å². The molecule has 176 valence electrons. The van der Waals surface area contributed by atoms with E-state index < -0.39 is 0 Å². The molecule has 2 nitrogen and oxygen atoms in total. The lowest BCUT2D eigenvalue weighted by Gasteiger charge is -2.64. The Hall–Kier alpha value is -2.32. The van der Waals surface area contributed by atoms with Crippen LogP contribution in [0, 0.1) is 21.7 Å². The van der Waals surface area contributed by atoms with Crippen molar-refractivity contribution in [1.29, 1.82) is 0 Å². The van der Waals surface area contributed by atoms with Crippen molar-refractivity contribution in [3.8, 4) is 0 Å². The Balaban J connectivity index is 1.62. The minimum absolute atomic E-state index is 0.0710. The molecule has 0 saturated heterocycles. The molecule has 0 amide bonds. The molecule has 0 N–H and O–H groups in total. The molecule has 2 bridgehead atoms. The summed E-state index contributed by atoms with van der Waals surface area (Å²) in [5.74, 6) is 0.559. The fourth-order valence-corrected chi connectivity index (χ4v) is 7.89. The smallest absolute Gasteiger partial charge is 0.103 e. The predicted molar refractivity (Wildman–Crippen MR) is 136 cm³/mol. The van der Waals surface area contributed by atoms with Gasteiger partial charge in [-0.25, -0.2) is 0 Å². The molecule has 6 aliphatic rings. The third kappa shape index (κ3) is 2.19. The quantitative estimate of drug-likeness (QED) is 0.373. The van der Waals surface area contributed by atoms with Gasteiger partial charge in [-0.15, -0.1) is 0 Å². The summed E-state index contributed by atoms with van der Waals surface area (Å²) in [6, 6.07) is 0. The SMILES string of the molecule is CC(C)(C)C1=CC2c3cocc3C3C=C(C(C)(C)C)C=C4C5=C(C(=C1)[C@@]2(C)[C@]43C)[C@@H]1C=C[C@H]5O1. The highest BCUT2D eigenvalue weighted by atomic mass is 16.5. The maximum Gasteiger partial charge on any atom is 0.103 e. The Morgan fingerprint density at radius 3 is 1.47 bits per heavy atom. The second-order valence-electron chi connectivity index (χ2n) is 13.7. The monoisotopic (exact) mass is 452 g/mol. The minimum atomic E-state index is -0.0739. The van der Waals surface area contributed by atoms with Gasteiger partial charge in [0.25, 0.3) is 0 Å². The Morgan fingerprint density at radius 1 is 0.676 bits per heavy atom. The van der Waals surface area contributed by atoms with Crippen LogP contribution >= 0.6 is 0 Å². The molecule has 0 radical (unpaired) electrons. The molecule has 0 fully saturated rings. The highest BCUT2D eigenvalue weighted by Crippen LogP contribution is 2.76. The van der Waals surface area contributed by atoms with E-state index in [0.717, 1.165) is 0 Å². The molecule has 1 aromatic rings. The van der Waals surface area contributed by atoms with Crippen LogP contribution in [-0.2, 0) is 4.74 Å². The second kappa shape index (κ2) is 5.90. The molecular weight excluding hydrogens is 416 g/mol. The number of fused-ring (bicyclic) bond motifs is 9. The second-order valence-corrected chi connectivity index (χ2v) is 13.7. The van der Waals surface area contributed by atoms with Gasteiger partial charge >= 0.3 is 0 Å². The van der Waals surface area contributed by atoms with Crippen molar-refractivity contribution in [1.82, 2.24) is 0 Å². The molecular formula is C32H36O2. The van der Waals surface area contributed by atoms with Crippen LogP contribution in [0.5, 0.6) is 0 Å². The van der Waals surface area contributed by atoms with Gasteiger partial charge in [-0.2, -0.15) is 0 Å². The number of hydrogen-bond acceptors (Lipinski definition) is 2. The van der Waals surface area contributed by atoms with Gasteiger partial charge in [0.2, 0.25) is 0 Å². The molecule has 2 aliphatic heterocycles. The van der Waals surface area contributed by atoms with Crippen molar-refractivity contribution in [2.45, 2.75) is 79.4 Å². The molecule has 2 heteroatoms. The van der Waals surface area contributed by atoms with Gasteiger partial charge in [0.15, 0.2) is 0 Å². The summed E-state index contributed by atoms with van der Waals surface area (Å²) in [6.45, 7) is 19.1. The molecule has 7 rings (SSSR count). The van der Waals surface area contributed by atoms with Crippen LogP contribution in [0.25, 0.3) is 0 Å². The first-order valence-corrected chi connectivity index (χ1v) is 12.9. The van der Waals surface area contributed by atoms with E-state index in [4.69, 9.17) is 9.15 Å². The number of furan rings is 1. The molecule has 3 heterocycles. The number of allylic oxidation sites excluding steroid dienone is 6. The lowest BCUT2D eigenvalue weighted by molar-refractivity contribution is 0.0903. The summed E-state index contributed by atoms with van der Waals surface area (Å²) in [7, 11) is 0. The summed E-state index contributed by atoms with van der Waals surface area (Å²) in [6.07, 6.45) is 19.0. The Morgan fingerprint density at radius 2 is 1.09 bits per heavy atom. The Bertz CT molecular complexity index is 1240. The molecule has 0 spiro atoms. The van der Waals surface area contributed by atoms with Gasteiger partial charge < -0.3 is 9.15 Å². The van der Waals surface area contributed by atoms with Gasteiger partial charge in [0.1, 0.15) is 12.2 Å². The fraction of sp³-hybridized carbons (Fsp3) is 0.500. The van der Waals surface area contributed by atoms with E-state index in [1.165, 1.54) is 44.6 Å². The molecule has 0 saturated carbocycles. The van der Waals surface area contributed by atoms with Crippen LogP contribution in [0.15, 0.2) is 86.8 Å². The third-order valence-electron chi connectivity index (χ3n) is 10.1. The Labute approximate surface area is 203 Å². The molecule has 34 heavy (non-hydrogen) atoms. The summed E-state index contributed by atoms with van der Waals surface area (Å²) in [5.41, 5.74) is 11.5. The van der Waals surface area contributed by atoms with Crippen molar-refractivity contribution in [3.63, 3.8) is 0 Å². The van der Waals surface area contributed by atoms with E-state index >= 15 is 0 Å². The lowest BCUT2D eigenvalue weighted by Crippen LogP contribution is -2.56. The normalized spacial score (nSPS) is 39.2. The predicted octanol–water partition coefficient (Wildman–Crippen LogP) is 7.95. The van der Waals surface area contributed by atoms with E-state index in [-0.39, 0.29) is 45.7 Å². The van der Waals surface area contributed by atoms with Crippen LogP contribution < -0.4 is 0 Å². The maximum atomic E-state index is 6.57. The molecule has 1 aromatic heterocycles. The third-order valence-corrected chi connectivity index (χ3v) is 10.1. The fourth-order valence-electron chi connectivity index (χ4n) is 7.89. The highest BCUT2D eigenvalue weighted by Gasteiger charge is 2.68. The van der Waals surface area contributed by atoms with Crippen molar-refractivity contribution in [3.05, 3.63) is 93.5 Å². The average molecular weight is 453 g/mol. The van der Waals surface area contributed by atoms with Gasteiger partial charge in [0, 0.05) is 33.8 Å². The topological polar surface area (TPSA) is 22.4 Å². The van der Waals surface area contributed by atoms with Crippen molar-refractivity contribution < 1.29 is 9.15 Å². The van der Waals surface area contributed by atoms with E-state index in [0.29, 0.717) is 0 Å². The first-order valence-electron chi connectivity index (χ1n) is 12.9. The maximum absolute atomic E-state index is 6.57. The molecule has 4 aliphatic carbocycles. The van der Waals surface area contributed by atoms with E-state index in [2.05, 4.69) is 91.8 Å². The molecule has 0 aromatic carbocycles. The highest BCUT2D eigenvalue weighted by molar-refractivity contribution is 5.73. The standard InChI is InChI=1S/C32H36O2/c1-29(2,3)17-11-21-19-15-33-16-20(19)22-12-18(30(4,5)6)14-24-28-26-10-9-25(34-26)27(28)23(13-17)31(21,7)32(22,24)8/h9-16,21-22,25-26H,1-8H3/t21?,22?,25-,26+,31-,32-/m0/s1. The van der Waals surface area contributed by atoms with E-state index in [1.54, 1.807) is 0 Å². The number of hydrogen-bond donors (Lipinski definition) is 0. The van der Waals surface area contributed by atoms with Gasteiger partial charge in [0.05, 0.1) is 12.5 Å². The van der Waals surface area contributed by atoms with E-state index in [1.807, 2.05) is 12.5 Å². The first-order chi connectivity index (χ1) is 15.9. The molecule has 6 atom stereocenters. The zero-order valence-corrected chi connectivity index (χ0v) is 21.7. The zero-order valence-electron chi connectivity index (χ0n) is 21.7. The summed E-state index contributed by atoms with van der Waals surface area (Å²) < 4.78 is 12.6.